The summed E-state index contributed by atoms with van der Waals surface area (Å²) in [5.74, 6) is 0.502. The van der Waals surface area contributed by atoms with Crippen LogP contribution in [-0.4, -0.2) is 12.5 Å². The fourth-order valence-electron chi connectivity index (χ4n) is 1.39. The fourth-order valence-corrected chi connectivity index (χ4v) is 1.39. The highest BCUT2D eigenvalue weighted by Gasteiger charge is 2.12. The topological polar surface area (TPSA) is 12.0 Å². The number of alkyl halides is 2. The Morgan fingerprint density at radius 1 is 1.06 bits per heavy atom. The lowest BCUT2D eigenvalue weighted by atomic mass is 10.0. The highest BCUT2D eigenvalue weighted by Crippen LogP contribution is 2.14. The fraction of sp³-hybridized carbons (Fsp3) is 0.538. The molecule has 1 atom stereocenters. The molecule has 1 nitrogen and oxygen atoms in total. The van der Waals surface area contributed by atoms with Crippen LogP contribution in [0.4, 0.5) is 8.78 Å². The van der Waals surface area contributed by atoms with Crippen LogP contribution in [0.15, 0.2) is 24.3 Å². The average Bonchev–Trinajstić information content (AvgIpc) is 2.26. The largest absolute Gasteiger partial charge is 0.305 e. The van der Waals surface area contributed by atoms with Gasteiger partial charge in [-0.2, -0.15) is 0 Å². The highest BCUT2D eigenvalue weighted by molar-refractivity contribution is 5.24. The Bertz CT molecular complexity index is 306. The molecule has 0 radical (unpaired) electrons. The van der Waals surface area contributed by atoms with E-state index in [0.29, 0.717) is 12.5 Å². The van der Waals surface area contributed by atoms with E-state index >= 15 is 0 Å². The second-order valence-corrected chi connectivity index (χ2v) is 4.40. The minimum Gasteiger partial charge on any atom is -0.305 e. The van der Waals surface area contributed by atoms with Crippen molar-refractivity contribution in [3.05, 3.63) is 35.4 Å². The third-order valence-electron chi connectivity index (χ3n) is 2.65. The van der Waals surface area contributed by atoms with Gasteiger partial charge in [-0.25, -0.2) is 8.78 Å². The molecule has 0 fully saturated rings. The number of hydrogen-bond acceptors (Lipinski definition) is 1. The maximum atomic E-state index is 12.2. The molecule has 1 N–H and O–H groups in total. The molecule has 90 valence electrons. The van der Waals surface area contributed by atoms with Crippen LogP contribution in [0.3, 0.4) is 0 Å². The molecule has 0 amide bonds. The Labute approximate surface area is 95.9 Å². The molecule has 0 saturated carbocycles. The van der Waals surface area contributed by atoms with Crippen molar-refractivity contribution in [3.63, 3.8) is 0 Å². The van der Waals surface area contributed by atoms with Crippen molar-refractivity contribution in [1.29, 1.82) is 0 Å². The summed E-state index contributed by atoms with van der Waals surface area (Å²) in [6.07, 6.45) is -2.31. The van der Waals surface area contributed by atoms with Crippen molar-refractivity contribution in [2.45, 2.75) is 45.7 Å². The number of benzene rings is 1. The summed E-state index contributed by atoms with van der Waals surface area (Å²) in [7, 11) is 0. The number of rotatable bonds is 5. The van der Waals surface area contributed by atoms with Crippen molar-refractivity contribution in [3.8, 4) is 0 Å². The lowest BCUT2D eigenvalue weighted by Gasteiger charge is -2.13. The SMILES string of the molecule is CC(C)c1ccc(CNC(C)C(F)F)cc1. The molecule has 0 aliphatic carbocycles. The van der Waals surface area contributed by atoms with Crippen LogP contribution in [-0.2, 0) is 6.54 Å². The van der Waals surface area contributed by atoms with Gasteiger partial charge in [0.25, 0.3) is 6.43 Å². The van der Waals surface area contributed by atoms with Gasteiger partial charge in [0.05, 0.1) is 6.04 Å². The molecule has 0 aromatic heterocycles. The highest BCUT2D eigenvalue weighted by atomic mass is 19.3. The first-order valence-corrected chi connectivity index (χ1v) is 5.61. The summed E-state index contributed by atoms with van der Waals surface area (Å²) in [6, 6.07) is 7.31. The Morgan fingerprint density at radius 2 is 1.62 bits per heavy atom. The maximum absolute atomic E-state index is 12.2. The van der Waals surface area contributed by atoms with Gasteiger partial charge < -0.3 is 5.32 Å². The van der Waals surface area contributed by atoms with Gasteiger partial charge in [-0.1, -0.05) is 38.1 Å². The third kappa shape index (κ3) is 3.89. The van der Waals surface area contributed by atoms with Gasteiger partial charge in [0.1, 0.15) is 0 Å². The van der Waals surface area contributed by atoms with Gasteiger partial charge in [-0.05, 0) is 24.0 Å². The summed E-state index contributed by atoms with van der Waals surface area (Å²) >= 11 is 0. The molecule has 1 unspecified atom stereocenters. The molecule has 0 heterocycles. The first kappa shape index (κ1) is 13.1. The second-order valence-electron chi connectivity index (χ2n) is 4.40. The smallest absolute Gasteiger partial charge is 0.253 e. The van der Waals surface area contributed by atoms with E-state index < -0.39 is 12.5 Å². The van der Waals surface area contributed by atoms with Crippen LogP contribution in [0.1, 0.15) is 37.8 Å². The van der Waals surface area contributed by atoms with Crippen LogP contribution in [0.25, 0.3) is 0 Å². The normalized spacial score (nSPS) is 13.4. The minimum atomic E-state index is -2.31. The Kier molecular flexibility index (Phi) is 4.87. The van der Waals surface area contributed by atoms with Gasteiger partial charge >= 0.3 is 0 Å². The predicted octanol–water partition coefficient (Wildman–Crippen LogP) is 3.55. The molecule has 1 aromatic rings. The summed E-state index contributed by atoms with van der Waals surface area (Å²) < 4.78 is 24.5. The zero-order valence-corrected chi connectivity index (χ0v) is 10.0. The van der Waals surface area contributed by atoms with Crippen LogP contribution in [0.5, 0.6) is 0 Å². The lowest BCUT2D eigenvalue weighted by Crippen LogP contribution is -2.31. The molecule has 0 aliphatic rings. The average molecular weight is 227 g/mol. The first-order chi connectivity index (χ1) is 7.50. The monoisotopic (exact) mass is 227 g/mol. The zero-order valence-electron chi connectivity index (χ0n) is 10.0. The summed E-state index contributed by atoms with van der Waals surface area (Å²) in [5.41, 5.74) is 2.31. The van der Waals surface area contributed by atoms with E-state index in [-0.39, 0.29) is 0 Å². The van der Waals surface area contributed by atoms with Crippen molar-refractivity contribution in [2.24, 2.45) is 0 Å². The Hall–Kier alpha value is -0.960. The van der Waals surface area contributed by atoms with Gasteiger partial charge in [0.15, 0.2) is 0 Å². The molecule has 0 spiro atoms. The summed E-state index contributed by atoms with van der Waals surface area (Å²) in [4.78, 5) is 0. The molecule has 0 aliphatic heterocycles. The third-order valence-corrected chi connectivity index (χ3v) is 2.65. The van der Waals surface area contributed by atoms with Crippen LogP contribution < -0.4 is 5.32 Å². The van der Waals surface area contributed by atoms with Crippen molar-refractivity contribution in [1.82, 2.24) is 5.32 Å². The van der Waals surface area contributed by atoms with E-state index in [1.165, 1.54) is 12.5 Å². The molecule has 16 heavy (non-hydrogen) atoms. The zero-order chi connectivity index (χ0) is 12.1. The van der Waals surface area contributed by atoms with Gasteiger partial charge in [-0.3, -0.25) is 0 Å². The van der Waals surface area contributed by atoms with E-state index in [1.54, 1.807) is 0 Å². The van der Waals surface area contributed by atoms with E-state index in [4.69, 9.17) is 0 Å². The first-order valence-electron chi connectivity index (χ1n) is 5.61. The summed E-state index contributed by atoms with van der Waals surface area (Å²) in [6.45, 7) is 6.25. The van der Waals surface area contributed by atoms with Crippen LogP contribution >= 0.6 is 0 Å². The Balaban J connectivity index is 2.49. The lowest BCUT2D eigenvalue weighted by molar-refractivity contribution is 0.105. The van der Waals surface area contributed by atoms with Gasteiger partial charge in [-0.15, -0.1) is 0 Å². The molecule has 0 saturated heterocycles. The standard InChI is InChI=1S/C13H19F2N/c1-9(2)12-6-4-11(5-7-12)8-16-10(3)13(14)15/h4-7,9-10,13,16H,8H2,1-3H3. The predicted molar refractivity (Wildman–Crippen MR) is 62.8 cm³/mol. The van der Waals surface area contributed by atoms with Crippen LogP contribution in [0.2, 0.25) is 0 Å². The summed E-state index contributed by atoms with van der Waals surface area (Å²) in [5, 5.41) is 2.80. The van der Waals surface area contributed by atoms with Gasteiger partial charge in [0, 0.05) is 6.54 Å². The van der Waals surface area contributed by atoms with E-state index in [0.717, 1.165) is 5.56 Å². The number of hydrogen-bond donors (Lipinski definition) is 1. The number of halogens is 2. The molecule has 1 aromatic carbocycles. The van der Waals surface area contributed by atoms with Crippen LogP contribution in [0, 0.1) is 0 Å². The van der Waals surface area contributed by atoms with E-state index in [2.05, 4.69) is 31.3 Å². The number of nitrogens with one attached hydrogen (secondary N) is 1. The van der Waals surface area contributed by atoms with Crippen molar-refractivity contribution < 1.29 is 8.78 Å². The Morgan fingerprint density at radius 3 is 2.06 bits per heavy atom. The molecule has 0 bridgehead atoms. The van der Waals surface area contributed by atoms with E-state index in [9.17, 15) is 8.78 Å². The molecular formula is C13H19F2N. The molecule has 3 heteroatoms. The second kappa shape index (κ2) is 5.94. The van der Waals surface area contributed by atoms with Crippen molar-refractivity contribution >= 4 is 0 Å². The minimum absolute atomic E-state index is 0.490. The maximum Gasteiger partial charge on any atom is 0.253 e. The molecular weight excluding hydrogens is 208 g/mol. The molecule has 1 rings (SSSR count). The van der Waals surface area contributed by atoms with E-state index in [1.807, 2.05) is 12.1 Å². The quantitative estimate of drug-likeness (QED) is 0.811. The van der Waals surface area contributed by atoms with Crippen molar-refractivity contribution in [2.75, 3.05) is 0 Å². The van der Waals surface area contributed by atoms with Gasteiger partial charge in [0.2, 0.25) is 0 Å².